The maximum Gasteiger partial charge on any atom is 0.234 e. The highest BCUT2D eigenvalue weighted by molar-refractivity contribution is 5.78. The van der Waals surface area contributed by atoms with Crippen molar-refractivity contribution in [2.24, 2.45) is 5.92 Å². The number of aliphatic hydroxyl groups excluding tert-OH is 1. The van der Waals surface area contributed by atoms with Gasteiger partial charge in [-0.25, -0.2) is 0 Å². The van der Waals surface area contributed by atoms with Crippen LogP contribution in [0.25, 0.3) is 0 Å². The molecule has 0 aromatic rings. The molecule has 0 aromatic carbocycles. The Morgan fingerprint density at radius 3 is 3.07 bits per heavy atom. The van der Waals surface area contributed by atoms with Gasteiger partial charge in [0.2, 0.25) is 5.91 Å². The highest BCUT2D eigenvalue weighted by Gasteiger charge is 2.24. The molecule has 1 aliphatic heterocycles. The van der Waals surface area contributed by atoms with E-state index in [0.717, 1.165) is 19.5 Å². The molecule has 1 heterocycles. The molecule has 1 rings (SSSR count). The molecule has 2 atom stereocenters. The molecule has 0 aliphatic carbocycles. The van der Waals surface area contributed by atoms with Crippen LogP contribution in [0.5, 0.6) is 0 Å². The number of nitrogens with zero attached hydrogens (tertiary/aromatic N) is 1. The quantitative estimate of drug-likeness (QED) is 0.614. The molecule has 0 radical (unpaired) electrons. The van der Waals surface area contributed by atoms with Crippen LogP contribution in [0.15, 0.2) is 0 Å². The fourth-order valence-corrected chi connectivity index (χ4v) is 1.77. The Labute approximate surface area is 90.6 Å². The molecule has 15 heavy (non-hydrogen) atoms. The number of hydrogen-bond donors (Lipinski definition) is 2. The number of carbonyl (C=O) groups is 1. The predicted octanol–water partition coefficient (Wildman–Crippen LogP) is -0.561. The van der Waals surface area contributed by atoms with E-state index < -0.39 is 0 Å². The Bertz CT molecular complexity index is 260. The average molecular weight is 210 g/mol. The number of carbonyl (C=O) groups excluding carboxylic acids is 1. The third-order valence-corrected chi connectivity index (χ3v) is 2.70. The van der Waals surface area contributed by atoms with Gasteiger partial charge in [-0.2, -0.15) is 0 Å². The van der Waals surface area contributed by atoms with Gasteiger partial charge in [-0.3, -0.25) is 9.69 Å². The van der Waals surface area contributed by atoms with Crippen LogP contribution in [0.2, 0.25) is 0 Å². The number of rotatable bonds is 3. The summed E-state index contributed by atoms with van der Waals surface area (Å²) in [6.45, 7) is 4.19. The standard InChI is InChI=1S/C11H18N2O2/c1-3-5-12-11(15)8-13-6-4-10(14)9(2)7-13/h1,9-10,14H,4-8H2,2H3,(H,12,15). The van der Waals surface area contributed by atoms with E-state index in [1.807, 2.05) is 11.8 Å². The van der Waals surface area contributed by atoms with Crippen LogP contribution < -0.4 is 5.32 Å². The van der Waals surface area contributed by atoms with Crippen molar-refractivity contribution in [2.75, 3.05) is 26.2 Å². The van der Waals surface area contributed by atoms with E-state index in [-0.39, 0.29) is 24.5 Å². The normalized spacial score (nSPS) is 27.0. The lowest BCUT2D eigenvalue weighted by molar-refractivity contribution is -0.122. The summed E-state index contributed by atoms with van der Waals surface area (Å²) >= 11 is 0. The summed E-state index contributed by atoms with van der Waals surface area (Å²) in [5, 5.41) is 12.1. The van der Waals surface area contributed by atoms with Crippen LogP contribution in [-0.4, -0.2) is 48.2 Å². The fraction of sp³-hybridized carbons (Fsp3) is 0.727. The van der Waals surface area contributed by atoms with Crippen molar-refractivity contribution in [3.63, 3.8) is 0 Å². The molecule has 4 nitrogen and oxygen atoms in total. The third kappa shape index (κ3) is 3.90. The molecule has 2 unspecified atom stereocenters. The molecule has 4 heteroatoms. The van der Waals surface area contributed by atoms with Crippen molar-refractivity contribution in [1.82, 2.24) is 10.2 Å². The zero-order chi connectivity index (χ0) is 11.3. The Balaban J connectivity index is 2.28. The van der Waals surface area contributed by atoms with Crippen LogP contribution in [0.4, 0.5) is 0 Å². The largest absolute Gasteiger partial charge is 0.393 e. The van der Waals surface area contributed by atoms with E-state index >= 15 is 0 Å². The van der Waals surface area contributed by atoms with Crippen LogP contribution in [-0.2, 0) is 4.79 Å². The lowest BCUT2D eigenvalue weighted by Gasteiger charge is -2.33. The van der Waals surface area contributed by atoms with Crippen LogP contribution >= 0.6 is 0 Å². The first-order valence-corrected chi connectivity index (χ1v) is 5.24. The second-order valence-corrected chi connectivity index (χ2v) is 4.05. The minimum absolute atomic E-state index is 0.0449. The number of nitrogens with one attached hydrogen (secondary N) is 1. The second-order valence-electron chi connectivity index (χ2n) is 4.05. The van der Waals surface area contributed by atoms with E-state index in [1.54, 1.807) is 0 Å². The minimum Gasteiger partial charge on any atom is -0.393 e. The van der Waals surface area contributed by atoms with Gasteiger partial charge in [-0.05, 0) is 12.3 Å². The number of amides is 1. The van der Waals surface area contributed by atoms with Gasteiger partial charge in [0.15, 0.2) is 0 Å². The molecule has 84 valence electrons. The summed E-state index contributed by atoms with van der Waals surface area (Å²) in [5.74, 6) is 2.55. The summed E-state index contributed by atoms with van der Waals surface area (Å²) in [4.78, 5) is 13.4. The molecule has 1 aliphatic rings. The summed E-state index contributed by atoms with van der Waals surface area (Å²) in [5.41, 5.74) is 0. The van der Waals surface area contributed by atoms with E-state index in [2.05, 4.69) is 11.2 Å². The number of aliphatic hydroxyl groups is 1. The van der Waals surface area contributed by atoms with Gasteiger partial charge in [-0.15, -0.1) is 6.42 Å². The molecular weight excluding hydrogens is 192 g/mol. The van der Waals surface area contributed by atoms with Gasteiger partial charge >= 0.3 is 0 Å². The van der Waals surface area contributed by atoms with E-state index in [1.165, 1.54) is 0 Å². The van der Waals surface area contributed by atoms with Crippen LogP contribution in [0.1, 0.15) is 13.3 Å². The Kier molecular flexibility index (Phi) is 4.60. The van der Waals surface area contributed by atoms with E-state index in [0.29, 0.717) is 6.54 Å². The SMILES string of the molecule is C#CCNC(=O)CN1CCC(O)C(C)C1. The molecule has 0 saturated carbocycles. The molecule has 0 aromatic heterocycles. The second kappa shape index (κ2) is 5.74. The zero-order valence-corrected chi connectivity index (χ0v) is 9.07. The minimum atomic E-state index is -0.227. The lowest BCUT2D eigenvalue weighted by atomic mass is 9.97. The first-order chi connectivity index (χ1) is 7.13. The van der Waals surface area contributed by atoms with Gasteiger partial charge in [0.1, 0.15) is 0 Å². The van der Waals surface area contributed by atoms with Crippen LogP contribution in [0, 0.1) is 18.3 Å². The highest BCUT2D eigenvalue weighted by Crippen LogP contribution is 2.15. The van der Waals surface area contributed by atoms with Crippen molar-refractivity contribution in [1.29, 1.82) is 0 Å². The summed E-state index contributed by atoms with van der Waals surface area (Å²) in [7, 11) is 0. The summed E-state index contributed by atoms with van der Waals surface area (Å²) in [6, 6.07) is 0. The maximum absolute atomic E-state index is 11.3. The van der Waals surface area contributed by atoms with E-state index in [4.69, 9.17) is 6.42 Å². The average Bonchev–Trinajstić information content (AvgIpc) is 2.20. The molecule has 0 bridgehead atoms. The van der Waals surface area contributed by atoms with Gasteiger partial charge in [-0.1, -0.05) is 12.8 Å². The molecule has 1 amide bonds. The Hall–Kier alpha value is -1.05. The van der Waals surface area contributed by atoms with Crippen molar-refractivity contribution < 1.29 is 9.90 Å². The first kappa shape index (κ1) is 12.0. The van der Waals surface area contributed by atoms with Crippen molar-refractivity contribution in [3.8, 4) is 12.3 Å². The van der Waals surface area contributed by atoms with Crippen LogP contribution in [0.3, 0.4) is 0 Å². The first-order valence-electron chi connectivity index (χ1n) is 5.24. The van der Waals surface area contributed by atoms with Crippen molar-refractivity contribution >= 4 is 5.91 Å². The number of hydrogen-bond acceptors (Lipinski definition) is 3. The highest BCUT2D eigenvalue weighted by atomic mass is 16.3. The maximum atomic E-state index is 11.3. The summed E-state index contributed by atoms with van der Waals surface area (Å²) in [6.07, 6.45) is 5.55. The molecule has 1 saturated heterocycles. The molecule has 2 N–H and O–H groups in total. The Morgan fingerprint density at radius 1 is 1.73 bits per heavy atom. The van der Waals surface area contributed by atoms with Gasteiger partial charge in [0.05, 0.1) is 19.2 Å². The fourth-order valence-electron chi connectivity index (χ4n) is 1.77. The van der Waals surface area contributed by atoms with Crippen molar-refractivity contribution in [3.05, 3.63) is 0 Å². The Morgan fingerprint density at radius 2 is 2.47 bits per heavy atom. The van der Waals surface area contributed by atoms with E-state index in [9.17, 15) is 9.90 Å². The molecule has 1 fully saturated rings. The number of piperidine rings is 1. The monoisotopic (exact) mass is 210 g/mol. The zero-order valence-electron chi connectivity index (χ0n) is 9.07. The topological polar surface area (TPSA) is 52.6 Å². The van der Waals surface area contributed by atoms with Gasteiger partial charge in [0.25, 0.3) is 0 Å². The van der Waals surface area contributed by atoms with Gasteiger partial charge in [0, 0.05) is 13.1 Å². The smallest absolute Gasteiger partial charge is 0.234 e. The number of likely N-dealkylation sites (tertiary alicyclic amines) is 1. The molecule has 0 spiro atoms. The van der Waals surface area contributed by atoms with Gasteiger partial charge < -0.3 is 10.4 Å². The lowest BCUT2D eigenvalue weighted by Crippen LogP contribution is -2.46. The summed E-state index contributed by atoms with van der Waals surface area (Å²) < 4.78 is 0. The van der Waals surface area contributed by atoms with Crippen molar-refractivity contribution in [2.45, 2.75) is 19.4 Å². The molecular formula is C11H18N2O2. The number of terminal acetylenes is 1. The predicted molar refractivity (Wildman–Crippen MR) is 58.1 cm³/mol. The third-order valence-electron chi connectivity index (χ3n) is 2.70.